The number of hydrogen-bond donors (Lipinski definition) is 0. The van der Waals surface area contributed by atoms with Crippen molar-refractivity contribution in [2.45, 2.75) is 38.5 Å². The van der Waals surface area contributed by atoms with Crippen LogP contribution in [0.25, 0.3) is 0 Å². The van der Waals surface area contributed by atoms with Crippen LogP contribution in [0.4, 0.5) is 0 Å². The van der Waals surface area contributed by atoms with Crippen molar-refractivity contribution in [3.63, 3.8) is 0 Å². The first-order valence-electron chi connectivity index (χ1n) is 8.50. The minimum absolute atomic E-state index is 0.0897. The van der Waals surface area contributed by atoms with Gasteiger partial charge in [-0.15, -0.1) is 0 Å². The van der Waals surface area contributed by atoms with Crippen molar-refractivity contribution >= 4 is 23.4 Å². The van der Waals surface area contributed by atoms with Crippen LogP contribution in [0.2, 0.25) is 5.02 Å². The summed E-state index contributed by atoms with van der Waals surface area (Å²) in [7, 11) is 0. The predicted molar refractivity (Wildman–Crippen MR) is 87.3 cm³/mol. The van der Waals surface area contributed by atoms with Crippen LogP contribution in [-0.4, -0.2) is 18.4 Å². The van der Waals surface area contributed by atoms with E-state index >= 15 is 0 Å². The molecule has 122 valence electrons. The van der Waals surface area contributed by atoms with Gasteiger partial charge in [0.05, 0.1) is 5.56 Å². The van der Waals surface area contributed by atoms with Gasteiger partial charge in [0.1, 0.15) is 0 Å². The molecule has 0 atom stereocenters. The molecule has 0 radical (unpaired) electrons. The van der Waals surface area contributed by atoms with Gasteiger partial charge in [-0.2, -0.15) is 0 Å². The second-order valence-corrected chi connectivity index (χ2v) is 8.14. The lowest BCUT2D eigenvalue weighted by molar-refractivity contribution is -0.147. The molecule has 0 aliphatic heterocycles. The first-order valence-corrected chi connectivity index (χ1v) is 8.88. The Morgan fingerprint density at radius 1 is 1.00 bits per heavy atom. The molecule has 23 heavy (non-hydrogen) atoms. The summed E-state index contributed by atoms with van der Waals surface area (Å²) >= 11 is 5.81. The summed E-state index contributed by atoms with van der Waals surface area (Å²) < 4.78 is 5.29. The van der Waals surface area contributed by atoms with Gasteiger partial charge in [-0.25, -0.2) is 4.79 Å². The molecule has 0 N–H and O–H groups in total. The highest BCUT2D eigenvalue weighted by Crippen LogP contribution is 2.60. The number of ether oxygens (including phenoxy) is 1. The normalized spacial score (nSPS) is 34.4. The van der Waals surface area contributed by atoms with Crippen molar-refractivity contribution in [1.82, 2.24) is 0 Å². The van der Waals surface area contributed by atoms with Crippen LogP contribution >= 0.6 is 11.6 Å². The van der Waals surface area contributed by atoms with E-state index in [0.717, 1.165) is 37.0 Å². The molecular formula is C19H21ClO3. The first kappa shape index (κ1) is 15.2. The third-order valence-corrected chi connectivity index (χ3v) is 6.30. The Labute approximate surface area is 141 Å². The van der Waals surface area contributed by atoms with Gasteiger partial charge >= 0.3 is 5.97 Å². The van der Waals surface area contributed by atoms with Gasteiger partial charge in [0, 0.05) is 10.4 Å². The smallest absolute Gasteiger partial charge is 0.338 e. The number of halogens is 1. The molecular weight excluding hydrogens is 312 g/mol. The van der Waals surface area contributed by atoms with E-state index in [1.54, 1.807) is 24.3 Å². The Hall–Kier alpha value is -1.35. The summed E-state index contributed by atoms with van der Waals surface area (Å²) in [6.07, 6.45) is 6.94. The number of Topliss-reactive ketones (excluding diaryl/α,β-unsaturated/α-hetero) is 1. The maximum absolute atomic E-state index is 12.8. The zero-order chi connectivity index (χ0) is 16.0. The molecule has 4 aliphatic carbocycles. The predicted octanol–water partition coefficient (Wildman–Crippen LogP) is 4.28. The van der Waals surface area contributed by atoms with Crippen molar-refractivity contribution < 1.29 is 14.3 Å². The van der Waals surface area contributed by atoms with E-state index in [1.807, 2.05) is 0 Å². The third-order valence-electron chi connectivity index (χ3n) is 6.04. The van der Waals surface area contributed by atoms with Crippen LogP contribution in [-0.2, 0) is 9.53 Å². The second-order valence-electron chi connectivity index (χ2n) is 7.70. The van der Waals surface area contributed by atoms with E-state index in [4.69, 9.17) is 16.3 Å². The summed E-state index contributed by atoms with van der Waals surface area (Å²) in [6.45, 7) is -0.0897. The van der Waals surface area contributed by atoms with Crippen molar-refractivity contribution in [3.8, 4) is 0 Å². The van der Waals surface area contributed by atoms with E-state index < -0.39 is 5.97 Å². The van der Waals surface area contributed by atoms with E-state index in [0.29, 0.717) is 10.6 Å². The topological polar surface area (TPSA) is 43.4 Å². The molecule has 4 fully saturated rings. The number of hydrogen-bond acceptors (Lipinski definition) is 3. The molecule has 4 aliphatic rings. The fourth-order valence-corrected chi connectivity index (χ4v) is 5.53. The van der Waals surface area contributed by atoms with Crippen LogP contribution in [0.3, 0.4) is 0 Å². The molecule has 4 saturated carbocycles. The lowest BCUT2D eigenvalue weighted by Crippen LogP contribution is -2.51. The SMILES string of the molecule is O=C(OCC(=O)C12CC3CC(CC(C3)C1)C2)c1ccc(Cl)cc1. The number of benzene rings is 1. The average molecular weight is 333 g/mol. The van der Waals surface area contributed by atoms with Gasteiger partial charge in [0.2, 0.25) is 0 Å². The minimum Gasteiger partial charge on any atom is -0.454 e. The Balaban J connectivity index is 1.40. The molecule has 0 spiro atoms. The summed E-state index contributed by atoms with van der Waals surface area (Å²) in [6, 6.07) is 6.55. The van der Waals surface area contributed by atoms with Crippen molar-refractivity contribution in [2.75, 3.05) is 6.61 Å². The summed E-state index contributed by atoms with van der Waals surface area (Å²) in [4.78, 5) is 24.9. The molecule has 0 amide bonds. The quantitative estimate of drug-likeness (QED) is 0.773. The molecule has 0 saturated heterocycles. The number of carbonyl (C=O) groups is 2. The zero-order valence-corrected chi connectivity index (χ0v) is 13.8. The number of carbonyl (C=O) groups excluding carboxylic acids is 2. The summed E-state index contributed by atoms with van der Waals surface area (Å²) in [5.74, 6) is 1.85. The van der Waals surface area contributed by atoms with Gasteiger partial charge in [-0.1, -0.05) is 11.6 Å². The van der Waals surface area contributed by atoms with Gasteiger partial charge in [-0.05, 0) is 80.5 Å². The maximum Gasteiger partial charge on any atom is 0.338 e. The van der Waals surface area contributed by atoms with Crippen LogP contribution in [0.1, 0.15) is 48.9 Å². The fourth-order valence-electron chi connectivity index (χ4n) is 5.41. The highest BCUT2D eigenvalue weighted by atomic mass is 35.5. The van der Waals surface area contributed by atoms with Crippen molar-refractivity contribution in [3.05, 3.63) is 34.9 Å². The molecule has 0 aromatic heterocycles. The first-order chi connectivity index (χ1) is 11.0. The molecule has 1 aromatic rings. The van der Waals surface area contributed by atoms with E-state index in [9.17, 15) is 9.59 Å². The Morgan fingerprint density at radius 3 is 2.04 bits per heavy atom. The largest absolute Gasteiger partial charge is 0.454 e. The van der Waals surface area contributed by atoms with Gasteiger partial charge < -0.3 is 4.74 Å². The molecule has 4 heteroatoms. The molecule has 5 rings (SSSR count). The maximum atomic E-state index is 12.8. The standard InChI is InChI=1S/C19H21ClO3/c20-16-3-1-15(2-4-16)18(22)23-11-17(21)19-8-12-5-13(9-19)7-14(6-12)10-19/h1-4,12-14H,5-11H2. The third kappa shape index (κ3) is 2.80. The fraction of sp³-hybridized carbons (Fsp3) is 0.579. The van der Waals surface area contributed by atoms with Crippen LogP contribution < -0.4 is 0 Å². The van der Waals surface area contributed by atoms with Crippen LogP contribution in [0, 0.1) is 23.2 Å². The number of rotatable bonds is 4. The zero-order valence-electron chi connectivity index (χ0n) is 13.1. The second kappa shape index (κ2) is 5.62. The van der Waals surface area contributed by atoms with Gasteiger partial charge in [0.15, 0.2) is 12.4 Å². The lowest BCUT2D eigenvalue weighted by atomic mass is 9.48. The molecule has 4 bridgehead atoms. The molecule has 3 nitrogen and oxygen atoms in total. The van der Waals surface area contributed by atoms with Crippen molar-refractivity contribution in [2.24, 2.45) is 23.2 Å². The lowest BCUT2D eigenvalue weighted by Gasteiger charge is -2.55. The Bertz CT molecular complexity index is 599. The van der Waals surface area contributed by atoms with Crippen LogP contribution in [0.5, 0.6) is 0 Å². The molecule has 0 unspecified atom stereocenters. The Morgan fingerprint density at radius 2 is 1.52 bits per heavy atom. The van der Waals surface area contributed by atoms with Crippen LogP contribution in [0.15, 0.2) is 24.3 Å². The number of esters is 1. The molecule has 0 heterocycles. The van der Waals surface area contributed by atoms with Gasteiger partial charge in [0.25, 0.3) is 0 Å². The van der Waals surface area contributed by atoms with Crippen molar-refractivity contribution in [1.29, 1.82) is 0 Å². The number of ketones is 1. The molecule has 1 aromatic carbocycles. The van der Waals surface area contributed by atoms with Gasteiger partial charge in [-0.3, -0.25) is 4.79 Å². The average Bonchev–Trinajstić information content (AvgIpc) is 2.51. The minimum atomic E-state index is -0.445. The van der Waals surface area contributed by atoms with E-state index in [-0.39, 0.29) is 17.8 Å². The van der Waals surface area contributed by atoms with E-state index in [2.05, 4.69) is 0 Å². The van der Waals surface area contributed by atoms with E-state index in [1.165, 1.54) is 19.3 Å². The summed E-state index contributed by atoms with van der Waals surface area (Å²) in [5, 5.41) is 0.575. The Kier molecular flexibility index (Phi) is 3.72. The highest BCUT2D eigenvalue weighted by molar-refractivity contribution is 6.30. The summed E-state index contributed by atoms with van der Waals surface area (Å²) in [5.41, 5.74) is 0.238. The highest BCUT2D eigenvalue weighted by Gasteiger charge is 2.54. The monoisotopic (exact) mass is 332 g/mol.